The Morgan fingerprint density at radius 2 is 1.33 bits per heavy atom. The van der Waals surface area contributed by atoms with E-state index in [1.54, 1.807) is 0 Å². The number of carbonyl (C=O) groups is 4. The van der Waals surface area contributed by atoms with Gasteiger partial charge in [-0.3, -0.25) is 9.59 Å². The number of carbonyl (C=O) groups excluding carboxylic acids is 4. The number of fused-ring (bicyclic) bond motifs is 1. The summed E-state index contributed by atoms with van der Waals surface area (Å²) in [4.78, 5) is 72.1. The van der Waals surface area contributed by atoms with Crippen molar-refractivity contribution in [1.82, 2.24) is 9.47 Å². The summed E-state index contributed by atoms with van der Waals surface area (Å²) in [6.07, 6.45) is 0.958. The van der Waals surface area contributed by atoms with E-state index in [1.807, 2.05) is 97.9 Å². The second-order valence-electron chi connectivity index (χ2n) is 16.2. The number of nitrogens with zero attached hydrogens (tertiary/aromatic N) is 2. The molecule has 2 heterocycles. The number of rotatable bonds is 15. The van der Waals surface area contributed by atoms with Gasteiger partial charge in [0.2, 0.25) is 5.91 Å². The van der Waals surface area contributed by atoms with E-state index in [1.165, 1.54) is 35.3 Å². The van der Waals surface area contributed by atoms with Crippen LogP contribution in [0.2, 0.25) is 18.1 Å². The monoisotopic (exact) mass is 846 g/mol. The van der Waals surface area contributed by atoms with Crippen molar-refractivity contribution in [3.63, 3.8) is 0 Å². The minimum atomic E-state index is -3.29. The summed E-state index contributed by atoms with van der Waals surface area (Å²) in [5.74, 6) is -3.31. The van der Waals surface area contributed by atoms with Gasteiger partial charge in [-0.15, -0.1) is 0 Å². The van der Waals surface area contributed by atoms with E-state index in [9.17, 15) is 14.4 Å². The highest BCUT2D eigenvalue weighted by Crippen LogP contribution is 2.51. The maximum absolute atomic E-state index is 15.2. The number of amides is 1. The van der Waals surface area contributed by atoms with Crippen LogP contribution >= 0.6 is 6.89 Å². The van der Waals surface area contributed by atoms with Crippen molar-refractivity contribution >= 4 is 71.4 Å². The van der Waals surface area contributed by atoms with Crippen molar-refractivity contribution in [2.45, 2.75) is 64.4 Å². The molecular weight excluding hydrogens is 796 g/mol. The zero-order chi connectivity index (χ0) is 43.4. The van der Waals surface area contributed by atoms with Gasteiger partial charge in [0.1, 0.15) is 24.1 Å². The first-order valence-electron chi connectivity index (χ1n) is 19.8. The second-order valence-corrected chi connectivity index (χ2v) is 24.2. The Kier molecular flexibility index (Phi) is 13.0. The Hall–Kier alpha value is -5.81. The molecule has 1 saturated heterocycles. The first kappa shape index (κ1) is 43.8. The van der Waals surface area contributed by atoms with Crippen LogP contribution in [0.1, 0.15) is 44.5 Å². The number of β-lactam (4-membered cyclic amide) rings is 1. The molecule has 0 saturated carbocycles. The molecule has 3 atom stereocenters. The molecule has 60 heavy (non-hydrogen) atoms. The van der Waals surface area contributed by atoms with Crippen LogP contribution in [0.3, 0.4) is 0 Å². The number of hydrogen-bond donors (Lipinski definition) is 0. The molecule has 1 fully saturated rings. The summed E-state index contributed by atoms with van der Waals surface area (Å²) < 4.78 is 23.9. The van der Waals surface area contributed by atoms with Gasteiger partial charge >= 0.3 is 17.8 Å². The minimum absolute atomic E-state index is 0.0371. The van der Waals surface area contributed by atoms with Crippen LogP contribution in [0.25, 0.3) is 11.1 Å². The van der Waals surface area contributed by atoms with Gasteiger partial charge in [-0.25, -0.2) is 14.4 Å². The quantitative estimate of drug-likeness (QED) is 0.0264. The maximum Gasteiger partial charge on any atom is 0.429 e. The topological polar surface area (TPSA) is 134 Å². The Balaban J connectivity index is 1.61. The molecule has 13 heteroatoms. The van der Waals surface area contributed by atoms with Crippen LogP contribution in [0.15, 0.2) is 144 Å². The predicted molar refractivity (Wildman–Crippen MR) is 240 cm³/mol. The fraction of sp³-hybridized carbons (Fsp3) is 0.277. The third-order valence-corrected chi connectivity index (χ3v) is 20.2. The molecular formula is C47H51N2O9PSi. The third kappa shape index (κ3) is 8.19. The summed E-state index contributed by atoms with van der Waals surface area (Å²) in [6, 6.07) is 32.3. The second kappa shape index (κ2) is 17.8. The summed E-state index contributed by atoms with van der Waals surface area (Å²) in [7, 11) is -2.47. The lowest BCUT2D eigenvalue weighted by molar-refractivity contribution is -0.156. The molecule has 1 aliphatic heterocycles. The summed E-state index contributed by atoms with van der Waals surface area (Å²) in [5, 5.41) is 2.20. The number of Topliss-reactive ketones (excluding diaryl/α,β-unsaturated/α-hetero) is 1. The number of hydrogen-bond acceptors (Lipinski definition) is 9. The molecule has 1 aliphatic rings. The first-order valence-corrected chi connectivity index (χ1v) is 24.5. The highest BCUT2D eigenvalue weighted by Gasteiger charge is 2.57. The van der Waals surface area contributed by atoms with E-state index in [2.05, 4.69) is 47.0 Å². The van der Waals surface area contributed by atoms with E-state index >= 15 is 9.59 Å². The normalized spacial score (nSPS) is 16.1. The van der Waals surface area contributed by atoms with Gasteiger partial charge in [0.05, 0.1) is 18.1 Å². The fourth-order valence-corrected chi connectivity index (χ4v) is 13.3. The molecule has 1 aromatic heterocycles. The SMILES string of the molecule is C=CCOC(=O)C(N1C(=O)C(C(C)O[Si](C)(C)C(C)(C)C)C1CC(=O)c1ccc2oc(=O)n(C(=O)OCC=C)c2c1)=P(c1ccccc1)(c1ccccc1)c1ccccc1. The largest absolute Gasteiger partial charge is 0.457 e. The number of ether oxygens (including phenoxy) is 2. The molecule has 3 unspecified atom stereocenters. The average Bonchev–Trinajstić information content (AvgIpc) is 3.57. The number of benzene rings is 4. The Labute approximate surface area is 351 Å². The lowest BCUT2D eigenvalue weighted by atomic mass is 9.79. The van der Waals surface area contributed by atoms with Crippen LogP contribution < -0.4 is 21.7 Å². The number of oxazole rings is 1. The van der Waals surface area contributed by atoms with Crippen molar-refractivity contribution < 1.29 is 37.5 Å². The van der Waals surface area contributed by atoms with Crippen molar-refractivity contribution in [2.75, 3.05) is 13.2 Å². The van der Waals surface area contributed by atoms with Gasteiger partial charge in [0.25, 0.3) is 0 Å². The van der Waals surface area contributed by atoms with Gasteiger partial charge < -0.3 is 23.2 Å². The van der Waals surface area contributed by atoms with Crippen LogP contribution in [0, 0.1) is 5.92 Å². The lowest BCUT2D eigenvalue weighted by Crippen LogP contribution is -2.69. The molecule has 0 radical (unpaired) electrons. The average molecular weight is 847 g/mol. The standard InChI is InChI=1S/C47H51N2O9PSi/c1-9-28-55-44(52)43(59(34-20-14-11-15-21-34,35-22-16-12-17-23-35)36-24-18-13-19-25-36)48-38(41(42(48)51)32(3)58-60(7,8)47(4,5)6)31-39(50)33-26-27-40-37(30-33)49(46(54)57-40)45(53)56-29-10-2/h9-27,30,32,38,41H,1-2,28-29,31H2,3-8H3. The summed E-state index contributed by atoms with van der Waals surface area (Å²) in [6.45, 7) is 16.2. The Morgan fingerprint density at radius 3 is 1.83 bits per heavy atom. The molecule has 11 nitrogen and oxygen atoms in total. The number of likely N-dealkylation sites (tertiary alicyclic amines) is 1. The lowest BCUT2D eigenvalue weighted by Gasteiger charge is -2.53. The summed E-state index contributed by atoms with van der Waals surface area (Å²) >= 11 is 0. The maximum atomic E-state index is 15.2. The van der Waals surface area contributed by atoms with E-state index in [-0.39, 0.29) is 52.7 Å². The van der Waals surface area contributed by atoms with E-state index < -0.39 is 56.9 Å². The van der Waals surface area contributed by atoms with E-state index in [0.717, 1.165) is 15.9 Å². The molecule has 0 aliphatic carbocycles. The zero-order valence-electron chi connectivity index (χ0n) is 34.8. The number of ketones is 1. The van der Waals surface area contributed by atoms with Crippen molar-refractivity contribution in [2.24, 2.45) is 5.92 Å². The highest BCUT2D eigenvalue weighted by molar-refractivity contribution is 7.96. The van der Waals surface area contributed by atoms with Crippen molar-refractivity contribution in [1.29, 1.82) is 0 Å². The van der Waals surface area contributed by atoms with Gasteiger partial charge in [-0.1, -0.05) is 137 Å². The van der Waals surface area contributed by atoms with Gasteiger partial charge in [0.15, 0.2) is 19.7 Å². The highest BCUT2D eigenvalue weighted by atomic mass is 31.2. The summed E-state index contributed by atoms with van der Waals surface area (Å²) in [5.41, 5.74) is 0.381. The molecule has 0 spiro atoms. The minimum Gasteiger partial charge on any atom is -0.457 e. The fourth-order valence-electron chi connectivity index (χ4n) is 7.51. The first-order chi connectivity index (χ1) is 28.6. The molecule has 1 amide bonds. The zero-order valence-corrected chi connectivity index (χ0v) is 36.7. The molecule has 6 rings (SSSR count). The van der Waals surface area contributed by atoms with E-state index in [0.29, 0.717) is 4.57 Å². The third-order valence-electron chi connectivity index (χ3n) is 11.4. The van der Waals surface area contributed by atoms with Crippen molar-refractivity contribution in [3.05, 3.63) is 151 Å². The van der Waals surface area contributed by atoms with E-state index in [4.69, 9.17) is 18.3 Å². The Bertz CT molecular complexity index is 2440. The number of esters is 1. The number of aromatic nitrogens is 1. The van der Waals surface area contributed by atoms with Crippen LogP contribution in [0.5, 0.6) is 0 Å². The molecule has 0 N–H and O–H groups in total. The van der Waals surface area contributed by atoms with Gasteiger partial charge in [-0.05, 0) is 59.2 Å². The Morgan fingerprint density at radius 1 is 0.817 bits per heavy atom. The molecule has 4 aromatic carbocycles. The molecule has 0 bridgehead atoms. The van der Waals surface area contributed by atoms with Crippen molar-refractivity contribution in [3.8, 4) is 0 Å². The smallest absolute Gasteiger partial charge is 0.429 e. The molecule has 5 aromatic rings. The van der Waals surface area contributed by atoms with Crippen LogP contribution in [-0.2, 0) is 23.5 Å². The van der Waals surface area contributed by atoms with Gasteiger partial charge in [0, 0.05) is 18.9 Å². The van der Waals surface area contributed by atoms with Gasteiger partial charge in [-0.2, -0.15) is 4.57 Å². The van der Waals surface area contributed by atoms with Crippen LogP contribution in [0.4, 0.5) is 4.79 Å². The predicted octanol–water partition coefficient (Wildman–Crippen LogP) is 7.43. The molecule has 312 valence electrons. The van der Waals surface area contributed by atoms with Crippen LogP contribution in [-0.4, -0.2) is 72.3 Å².